The number of sulfonamides is 1. The van der Waals surface area contributed by atoms with Crippen LogP contribution in [0.4, 0.5) is 0 Å². The second kappa shape index (κ2) is 7.08. The van der Waals surface area contributed by atoms with Crippen LogP contribution in [0.2, 0.25) is 0 Å². The van der Waals surface area contributed by atoms with Crippen molar-refractivity contribution in [3.8, 4) is 11.8 Å². The molecule has 0 bridgehead atoms. The number of hydrogen-bond acceptors (Lipinski definition) is 3. The molecule has 4 nitrogen and oxygen atoms in total. The highest BCUT2D eigenvalue weighted by atomic mass is 32.2. The summed E-state index contributed by atoms with van der Waals surface area (Å²) in [5, 5.41) is 8.78. The van der Waals surface area contributed by atoms with Gasteiger partial charge in [0.1, 0.15) is 0 Å². The third-order valence-electron chi connectivity index (χ3n) is 3.84. The number of nitrogens with zero attached hydrogens (tertiary/aromatic N) is 1. The third kappa shape index (κ3) is 3.65. The summed E-state index contributed by atoms with van der Waals surface area (Å²) in [7, 11) is -1.87. The van der Waals surface area contributed by atoms with Crippen molar-refractivity contribution in [3.63, 3.8) is 0 Å². The Morgan fingerprint density at radius 3 is 2.62 bits per heavy atom. The summed E-state index contributed by atoms with van der Waals surface area (Å²) >= 11 is 0. The summed E-state index contributed by atoms with van der Waals surface area (Å²) in [5.41, 5.74) is 0.496. The molecule has 2 rings (SSSR count). The Kier molecular flexibility index (Phi) is 5.40. The molecule has 0 radical (unpaired) electrons. The number of aliphatic hydroxyl groups is 1. The predicted octanol–water partition coefficient (Wildman–Crippen LogP) is 1.98. The summed E-state index contributed by atoms with van der Waals surface area (Å²) in [5.74, 6) is 5.64. The molecule has 0 aromatic heterocycles. The molecule has 1 N–H and O–H groups in total. The van der Waals surface area contributed by atoms with Crippen molar-refractivity contribution in [2.75, 3.05) is 13.7 Å². The van der Waals surface area contributed by atoms with E-state index in [9.17, 15) is 8.42 Å². The predicted molar refractivity (Wildman–Crippen MR) is 82.2 cm³/mol. The van der Waals surface area contributed by atoms with Crippen LogP contribution >= 0.6 is 0 Å². The molecule has 0 atom stereocenters. The zero-order chi connectivity index (χ0) is 15.3. The average Bonchev–Trinajstić information content (AvgIpc) is 3.01. The van der Waals surface area contributed by atoms with Crippen LogP contribution in [0.1, 0.15) is 37.7 Å². The molecule has 114 valence electrons. The molecule has 5 heteroatoms. The standard InChI is InChI=1S/C16H21NO3S/c1-17(15-10-3-4-11-15)21(19,20)16-12-5-2-8-14(16)9-6-7-13-18/h2,5,8,12,15,18H,3-4,7,10-11,13H2,1H3. The molecule has 0 unspecified atom stereocenters. The Hall–Kier alpha value is -1.35. The van der Waals surface area contributed by atoms with Gasteiger partial charge in [-0.15, -0.1) is 0 Å². The van der Waals surface area contributed by atoms with Gasteiger partial charge in [-0.05, 0) is 25.0 Å². The van der Waals surface area contributed by atoms with E-state index in [1.807, 2.05) is 0 Å². The van der Waals surface area contributed by atoms with Crippen LogP contribution in [0.3, 0.4) is 0 Å². The molecule has 0 aliphatic heterocycles. The Morgan fingerprint density at radius 1 is 1.29 bits per heavy atom. The van der Waals surface area contributed by atoms with Gasteiger partial charge in [-0.3, -0.25) is 0 Å². The first kappa shape index (κ1) is 16.0. The molecule has 1 aromatic carbocycles. The second-order valence-electron chi connectivity index (χ2n) is 5.23. The van der Waals surface area contributed by atoms with Gasteiger partial charge in [-0.2, -0.15) is 4.31 Å². The molecule has 0 saturated heterocycles. The minimum absolute atomic E-state index is 0.0239. The monoisotopic (exact) mass is 307 g/mol. The highest BCUT2D eigenvalue weighted by molar-refractivity contribution is 7.89. The van der Waals surface area contributed by atoms with Crippen molar-refractivity contribution in [3.05, 3.63) is 29.8 Å². The minimum Gasteiger partial charge on any atom is -0.395 e. The normalized spacial score (nSPS) is 16.0. The molecule has 1 aliphatic carbocycles. The smallest absolute Gasteiger partial charge is 0.244 e. The van der Waals surface area contributed by atoms with Crippen molar-refractivity contribution in [2.45, 2.75) is 43.0 Å². The lowest BCUT2D eigenvalue weighted by molar-refractivity contribution is 0.305. The van der Waals surface area contributed by atoms with Crippen LogP contribution in [0, 0.1) is 11.8 Å². The van der Waals surface area contributed by atoms with Crippen LogP contribution in [0.15, 0.2) is 29.2 Å². The molecule has 1 saturated carbocycles. The third-order valence-corrected chi connectivity index (χ3v) is 5.81. The van der Waals surface area contributed by atoms with Gasteiger partial charge in [0.25, 0.3) is 0 Å². The van der Waals surface area contributed by atoms with Crippen LogP contribution in [-0.2, 0) is 10.0 Å². The molecule has 1 aliphatic rings. The summed E-state index contributed by atoms with van der Waals surface area (Å²) in [6.45, 7) is -0.0239. The van der Waals surface area contributed by atoms with E-state index in [0.717, 1.165) is 25.7 Å². The van der Waals surface area contributed by atoms with E-state index in [1.165, 1.54) is 4.31 Å². The van der Waals surface area contributed by atoms with Gasteiger partial charge >= 0.3 is 0 Å². The molecule has 21 heavy (non-hydrogen) atoms. The molecule has 0 spiro atoms. The summed E-state index contributed by atoms with van der Waals surface area (Å²) in [6, 6.07) is 6.89. The van der Waals surface area contributed by atoms with Gasteiger partial charge < -0.3 is 5.11 Å². The fourth-order valence-electron chi connectivity index (χ4n) is 2.63. The lowest BCUT2D eigenvalue weighted by Gasteiger charge is -2.24. The number of aliphatic hydroxyl groups excluding tert-OH is 1. The Balaban J connectivity index is 2.34. The first-order valence-electron chi connectivity index (χ1n) is 7.24. The maximum absolute atomic E-state index is 12.8. The van der Waals surface area contributed by atoms with Gasteiger partial charge in [-0.1, -0.05) is 36.8 Å². The lowest BCUT2D eigenvalue weighted by atomic mass is 10.2. The van der Waals surface area contributed by atoms with Gasteiger partial charge in [-0.25, -0.2) is 8.42 Å². The molecule has 0 amide bonds. The molecular formula is C16H21NO3S. The molecule has 0 heterocycles. The Labute approximate surface area is 126 Å². The first-order valence-corrected chi connectivity index (χ1v) is 8.68. The summed E-state index contributed by atoms with van der Waals surface area (Å²) in [4.78, 5) is 0.254. The van der Waals surface area contributed by atoms with E-state index in [1.54, 1.807) is 31.3 Å². The second-order valence-corrected chi connectivity index (χ2v) is 7.20. The van der Waals surface area contributed by atoms with Crippen LogP contribution in [0.5, 0.6) is 0 Å². The van der Waals surface area contributed by atoms with E-state index in [2.05, 4.69) is 11.8 Å². The highest BCUT2D eigenvalue weighted by Crippen LogP contribution is 2.28. The molecule has 1 aromatic rings. The van der Waals surface area contributed by atoms with E-state index >= 15 is 0 Å². The first-order chi connectivity index (χ1) is 10.1. The quantitative estimate of drug-likeness (QED) is 0.865. The topological polar surface area (TPSA) is 57.6 Å². The molecule has 1 fully saturated rings. The van der Waals surface area contributed by atoms with Gasteiger partial charge in [0.15, 0.2) is 0 Å². The van der Waals surface area contributed by atoms with E-state index in [-0.39, 0.29) is 17.5 Å². The van der Waals surface area contributed by atoms with Crippen molar-refractivity contribution >= 4 is 10.0 Å². The minimum atomic E-state index is -3.52. The summed E-state index contributed by atoms with van der Waals surface area (Å²) < 4.78 is 27.1. The van der Waals surface area contributed by atoms with Crippen molar-refractivity contribution in [2.24, 2.45) is 0 Å². The fourth-order valence-corrected chi connectivity index (χ4v) is 4.19. The number of hydrogen-bond donors (Lipinski definition) is 1. The highest BCUT2D eigenvalue weighted by Gasteiger charge is 2.31. The summed E-state index contributed by atoms with van der Waals surface area (Å²) in [6.07, 6.45) is 4.36. The largest absolute Gasteiger partial charge is 0.395 e. The van der Waals surface area contributed by atoms with Crippen LogP contribution in [0.25, 0.3) is 0 Å². The molecular weight excluding hydrogens is 286 g/mol. The van der Waals surface area contributed by atoms with Gasteiger partial charge in [0.2, 0.25) is 10.0 Å². The van der Waals surface area contributed by atoms with Crippen LogP contribution < -0.4 is 0 Å². The van der Waals surface area contributed by atoms with Crippen molar-refractivity contribution in [1.29, 1.82) is 0 Å². The van der Waals surface area contributed by atoms with Crippen molar-refractivity contribution in [1.82, 2.24) is 4.31 Å². The van der Waals surface area contributed by atoms with E-state index < -0.39 is 10.0 Å². The number of rotatable bonds is 4. The zero-order valence-electron chi connectivity index (χ0n) is 12.2. The maximum Gasteiger partial charge on any atom is 0.244 e. The SMILES string of the molecule is CN(C1CCCC1)S(=O)(=O)c1ccccc1C#CCCO. The van der Waals surface area contributed by atoms with Gasteiger partial charge in [0, 0.05) is 25.1 Å². The van der Waals surface area contributed by atoms with Gasteiger partial charge in [0.05, 0.1) is 11.5 Å². The zero-order valence-corrected chi connectivity index (χ0v) is 13.1. The Morgan fingerprint density at radius 2 is 1.95 bits per heavy atom. The maximum atomic E-state index is 12.8. The fraction of sp³-hybridized carbons (Fsp3) is 0.500. The van der Waals surface area contributed by atoms with Crippen LogP contribution in [-0.4, -0.2) is 37.5 Å². The number of benzene rings is 1. The average molecular weight is 307 g/mol. The Bertz CT molecular complexity index is 637. The van der Waals surface area contributed by atoms with Crippen molar-refractivity contribution < 1.29 is 13.5 Å². The van der Waals surface area contributed by atoms with E-state index in [0.29, 0.717) is 12.0 Å². The lowest BCUT2D eigenvalue weighted by Crippen LogP contribution is -2.35. The van der Waals surface area contributed by atoms with E-state index in [4.69, 9.17) is 5.11 Å².